The van der Waals surface area contributed by atoms with E-state index in [0.717, 1.165) is 55.1 Å². The van der Waals surface area contributed by atoms with Gasteiger partial charge >= 0.3 is 0 Å². The summed E-state index contributed by atoms with van der Waals surface area (Å²) in [5.41, 5.74) is 6.71. The van der Waals surface area contributed by atoms with E-state index in [1.54, 1.807) is 6.07 Å². The zero-order valence-electron chi connectivity index (χ0n) is 19.7. The molecule has 4 heteroatoms. The molecule has 0 aliphatic carbocycles. The third kappa shape index (κ3) is 6.80. The van der Waals surface area contributed by atoms with Crippen LogP contribution in [0.2, 0.25) is 0 Å². The average molecular weight is 467 g/mol. The molecular formula is C31H30O4. The summed E-state index contributed by atoms with van der Waals surface area (Å²) in [6.45, 7) is 3.26. The Bertz CT molecular complexity index is 1200. The highest BCUT2D eigenvalue weighted by Crippen LogP contribution is 2.37. The quantitative estimate of drug-likeness (QED) is 0.318. The van der Waals surface area contributed by atoms with Gasteiger partial charge in [0.15, 0.2) is 0 Å². The molecule has 2 fully saturated rings. The van der Waals surface area contributed by atoms with Gasteiger partial charge < -0.3 is 19.3 Å². The van der Waals surface area contributed by atoms with Crippen LogP contribution in [0.15, 0.2) is 103 Å². The van der Waals surface area contributed by atoms with Crippen LogP contribution in [0.3, 0.4) is 0 Å². The van der Waals surface area contributed by atoms with Gasteiger partial charge in [0, 0.05) is 5.56 Å². The van der Waals surface area contributed by atoms with Crippen molar-refractivity contribution in [1.29, 1.82) is 0 Å². The summed E-state index contributed by atoms with van der Waals surface area (Å²) in [5.74, 6) is 0.307. The van der Waals surface area contributed by atoms with Crippen molar-refractivity contribution < 1.29 is 19.3 Å². The van der Waals surface area contributed by atoms with Crippen LogP contribution in [0.4, 0.5) is 0 Å². The van der Waals surface area contributed by atoms with Crippen LogP contribution < -0.4 is 0 Å². The highest BCUT2D eigenvalue weighted by Gasteiger charge is 2.26. The molecule has 0 bridgehead atoms. The first-order valence-electron chi connectivity index (χ1n) is 12.1. The molecule has 0 spiro atoms. The van der Waals surface area contributed by atoms with E-state index in [0.29, 0.717) is 18.0 Å². The molecular weight excluding hydrogens is 436 g/mol. The Morgan fingerprint density at radius 1 is 0.629 bits per heavy atom. The maximum atomic E-state index is 10.4. The molecule has 1 N–H and O–H groups in total. The van der Waals surface area contributed by atoms with Crippen molar-refractivity contribution in [2.24, 2.45) is 0 Å². The maximum Gasteiger partial charge on any atom is 0.123 e. The van der Waals surface area contributed by atoms with Crippen molar-refractivity contribution in [2.75, 3.05) is 26.4 Å². The van der Waals surface area contributed by atoms with Crippen LogP contribution in [-0.2, 0) is 20.6 Å². The molecule has 0 aromatic heterocycles. The molecule has 2 saturated heterocycles. The van der Waals surface area contributed by atoms with Crippen molar-refractivity contribution in [3.63, 3.8) is 0 Å². The van der Waals surface area contributed by atoms with E-state index in [1.165, 1.54) is 11.1 Å². The molecule has 2 heterocycles. The Morgan fingerprint density at radius 2 is 1.23 bits per heavy atom. The van der Waals surface area contributed by atoms with E-state index in [1.807, 2.05) is 42.5 Å². The first-order chi connectivity index (χ1) is 17.3. The average Bonchev–Trinajstić information content (AvgIpc) is 3.83. The van der Waals surface area contributed by atoms with Crippen molar-refractivity contribution in [3.8, 4) is 28.0 Å². The lowest BCUT2D eigenvalue weighted by molar-refractivity contribution is 0.102. The highest BCUT2D eigenvalue weighted by molar-refractivity contribution is 5.86. The molecule has 4 nitrogen and oxygen atoms in total. The summed E-state index contributed by atoms with van der Waals surface area (Å²) in [7, 11) is 0. The zero-order chi connectivity index (χ0) is 23.9. The molecule has 35 heavy (non-hydrogen) atoms. The van der Waals surface area contributed by atoms with Crippen LogP contribution in [0.25, 0.3) is 22.3 Å². The third-order valence-corrected chi connectivity index (χ3v) is 6.03. The number of hydrogen-bond acceptors (Lipinski definition) is 4. The number of phenols is 1. The van der Waals surface area contributed by atoms with Crippen molar-refractivity contribution in [2.45, 2.75) is 18.6 Å². The minimum absolute atomic E-state index is 0.307. The molecule has 4 aromatic carbocycles. The van der Waals surface area contributed by atoms with Gasteiger partial charge in [0.2, 0.25) is 0 Å². The number of phenolic OH excluding ortho intramolecular Hbond substituents is 1. The van der Waals surface area contributed by atoms with Gasteiger partial charge in [0.05, 0.1) is 26.4 Å². The molecule has 2 aliphatic heterocycles. The molecule has 0 saturated carbocycles. The number of aromatic hydroxyl groups is 1. The molecule has 0 radical (unpaired) electrons. The first kappa shape index (κ1) is 23.3. The SMILES string of the molecule is C(OCC1CO1)C1CO1.Oc1ccccc1-c1cc(Cc2ccccc2)ccc1-c1ccccc1. The van der Waals surface area contributed by atoms with E-state index in [9.17, 15) is 5.11 Å². The molecule has 6 rings (SSSR count). The number of rotatable bonds is 8. The van der Waals surface area contributed by atoms with Gasteiger partial charge in [-0.2, -0.15) is 0 Å². The second-order valence-corrected chi connectivity index (χ2v) is 8.87. The maximum absolute atomic E-state index is 10.4. The van der Waals surface area contributed by atoms with E-state index >= 15 is 0 Å². The number of benzene rings is 4. The summed E-state index contributed by atoms with van der Waals surface area (Å²) in [6, 6.07) is 34.9. The van der Waals surface area contributed by atoms with Gasteiger partial charge in [0.25, 0.3) is 0 Å². The smallest absolute Gasteiger partial charge is 0.123 e. The Morgan fingerprint density at radius 3 is 1.86 bits per heavy atom. The lowest BCUT2D eigenvalue weighted by atomic mass is 9.91. The van der Waals surface area contributed by atoms with E-state index in [-0.39, 0.29) is 0 Å². The number of epoxide rings is 2. The fourth-order valence-electron chi connectivity index (χ4n) is 3.99. The summed E-state index contributed by atoms with van der Waals surface area (Å²) in [6.07, 6.45) is 1.66. The van der Waals surface area contributed by atoms with Crippen LogP contribution in [0.1, 0.15) is 11.1 Å². The Hall–Kier alpha value is -3.44. The van der Waals surface area contributed by atoms with E-state index in [4.69, 9.17) is 14.2 Å². The molecule has 0 amide bonds. The van der Waals surface area contributed by atoms with E-state index in [2.05, 4.69) is 54.6 Å². The molecule has 2 unspecified atom stereocenters. The van der Waals surface area contributed by atoms with Gasteiger partial charge in [-0.3, -0.25) is 0 Å². The standard InChI is InChI=1S/C25H20O.C6H10O3/c26-25-14-8-7-13-23(25)24-18-20(17-19-9-3-1-4-10-19)15-16-22(24)21-11-5-2-6-12-21;1(5-3-8-5)7-2-6-4-9-6/h1-16,18,26H,17H2;5-6H,1-4H2. The molecule has 178 valence electrons. The van der Waals surface area contributed by atoms with Gasteiger partial charge in [-0.15, -0.1) is 0 Å². The number of para-hydroxylation sites is 1. The molecule has 2 aliphatic rings. The lowest BCUT2D eigenvalue weighted by Gasteiger charge is -2.14. The lowest BCUT2D eigenvalue weighted by Crippen LogP contribution is -2.06. The first-order valence-corrected chi connectivity index (χ1v) is 12.1. The van der Waals surface area contributed by atoms with Gasteiger partial charge in [-0.05, 0) is 40.3 Å². The van der Waals surface area contributed by atoms with Gasteiger partial charge in [-0.1, -0.05) is 97.1 Å². The topological polar surface area (TPSA) is 54.5 Å². The largest absolute Gasteiger partial charge is 0.507 e. The summed E-state index contributed by atoms with van der Waals surface area (Å²) in [5, 5.41) is 10.4. The summed E-state index contributed by atoms with van der Waals surface area (Å²) in [4.78, 5) is 0. The van der Waals surface area contributed by atoms with E-state index < -0.39 is 0 Å². The normalized spacial score (nSPS) is 17.8. The molecule has 2 atom stereocenters. The predicted molar refractivity (Wildman–Crippen MR) is 139 cm³/mol. The third-order valence-electron chi connectivity index (χ3n) is 6.03. The Kier molecular flexibility index (Phi) is 7.54. The van der Waals surface area contributed by atoms with Gasteiger partial charge in [-0.25, -0.2) is 0 Å². The minimum Gasteiger partial charge on any atom is -0.507 e. The van der Waals surface area contributed by atoms with Crippen molar-refractivity contribution in [3.05, 3.63) is 114 Å². The number of ether oxygens (including phenoxy) is 3. The van der Waals surface area contributed by atoms with Crippen LogP contribution in [-0.4, -0.2) is 43.7 Å². The Labute approximate surface area is 206 Å². The predicted octanol–water partition coefficient (Wildman–Crippen LogP) is 6.12. The summed E-state index contributed by atoms with van der Waals surface area (Å²) < 4.78 is 15.1. The second-order valence-electron chi connectivity index (χ2n) is 8.87. The second kappa shape index (κ2) is 11.3. The fourth-order valence-corrected chi connectivity index (χ4v) is 3.99. The van der Waals surface area contributed by atoms with Gasteiger partial charge in [0.1, 0.15) is 18.0 Å². The van der Waals surface area contributed by atoms with Crippen molar-refractivity contribution >= 4 is 0 Å². The fraction of sp³-hybridized carbons (Fsp3) is 0.226. The zero-order valence-corrected chi connectivity index (χ0v) is 19.7. The molecule has 4 aromatic rings. The Balaban J connectivity index is 0.000000234. The minimum atomic E-state index is 0.307. The summed E-state index contributed by atoms with van der Waals surface area (Å²) >= 11 is 0. The van der Waals surface area contributed by atoms with Crippen LogP contribution in [0, 0.1) is 0 Å². The van der Waals surface area contributed by atoms with Crippen molar-refractivity contribution in [1.82, 2.24) is 0 Å². The highest BCUT2D eigenvalue weighted by atomic mass is 16.6. The van der Waals surface area contributed by atoms with Crippen LogP contribution >= 0.6 is 0 Å². The van der Waals surface area contributed by atoms with Crippen LogP contribution in [0.5, 0.6) is 5.75 Å². The number of hydrogen-bond donors (Lipinski definition) is 1. The monoisotopic (exact) mass is 466 g/mol.